The average molecular weight is 456 g/mol. The summed E-state index contributed by atoms with van der Waals surface area (Å²) in [5.41, 5.74) is -3.59. The van der Waals surface area contributed by atoms with Gasteiger partial charge in [-0.1, -0.05) is 31.9 Å². The summed E-state index contributed by atoms with van der Waals surface area (Å²) in [6.07, 6.45) is 5.09. The Morgan fingerprint density at radius 3 is 1.94 bits per heavy atom. The summed E-state index contributed by atoms with van der Waals surface area (Å²) >= 11 is 0. The Morgan fingerprint density at radius 2 is 1.38 bits per heavy atom. The van der Waals surface area contributed by atoms with Crippen LogP contribution >= 0.6 is 0 Å². The molecule has 174 valence electrons. The number of alkyl halides is 4. The quantitative estimate of drug-likeness (QED) is 0.411. The van der Waals surface area contributed by atoms with Gasteiger partial charge in [0.2, 0.25) is 0 Å². The first kappa shape index (κ1) is 23.0. The van der Waals surface area contributed by atoms with Crippen LogP contribution in [0.3, 0.4) is 0 Å². The van der Waals surface area contributed by atoms with Crippen molar-refractivity contribution in [3.8, 4) is 16.9 Å². The van der Waals surface area contributed by atoms with E-state index in [0.29, 0.717) is 18.8 Å². The van der Waals surface area contributed by atoms with E-state index >= 15 is 22.0 Å². The second-order valence-electron chi connectivity index (χ2n) is 8.78. The molecule has 0 amide bonds. The molecular formula is C25H26F6O. The molecular weight excluding hydrogens is 430 g/mol. The number of hydrogen-bond acceptors (Lipinski definition) is 1. The van der Waals surface area contributed by atoms with Crippen molar-refractivity contribution in [3.05, 3.63) is 52.6 Å². The number of rotatable bonds is 5. The molecule has 2 aromatic rings. The van der Waals surface area contributed by atoms with Gasteiger partial charge in [0.1, 0.15) is 5.82 Å². The largest absolute Gasteiger partial charge is 0.491 e. The molecule has 1 fully saturated rings. The third kappa shape index (κ3) is 3.39. The third-order valence-corrected chi connectivity index (χ3v) is 6.87. The molecule has 0 atom stereocenters. The molecule has 0 aromatic heterocycles. The molecule has 0 saturated heterocycles. The first-order chi connectivity index (χ1) is 15.1. The lowest BCUT2D eigenvalue weighted by Crippen LogP contribution is -2.41. The van der Waals surface area contributed by atoms with Crippen LogP contribution in [0.25, 0.3) is 11.1 Å². The van der Waals surface area contributed by atoms with Crippen molar-refractivity contribution in [1.29, 1.82) is 0 Å². The Balaban J connectivity index is 1.83. The molecule has 1 nitrogen and oxygen atoms in total. The predicted molar refractivity (Wildman–Crippen MR) is 110 cm³/mol. The number of ether oxygens (including phenoxy) is 1. The van der Waals surface area contributed by atoms with Gasteiger partial charge in [-0.25, -0.2) is 8.78 Å². The Kier molecular flexibility index (Phi) is 5.97. The highest BCUT2D eigenvalue weighted by Gasteiger charge is 2.65. The van der Waals surface area contributed by atoms with Crippen LogP contribution in [-0.4, -0.2) is 6.61 Å². The minimum atomic E-state index is -4.93. The van der Waals surface area contributed by atoms with Crippen LogP contribution in [0.15, 0.2) is 24.3 Å². The molecule has 1 saturated carbocycles. The topological polar surface area (TPSA) is 9.23 Å². The van der Waals surface area contributed by atoms with Gasteiger partial charge in [0.05, 0.1) is 17.7 Å². The lowest BCUT2D eigenvalue weighted by Gasteiger charge is -2.37. The zero-order valence-corrected chi connectivity index (χ0v) is 18.1. The summed E-state index contributed by atoms with van der Waals surface area (Å²) in [7, 11) is 0. The summed E-state index contributed by atoms with van der Waals surface area (Å²) in [6, 6.07) is 4.84. The van der Waals surface area contributed by atoms with E-state index in [1.54, 1.807) is 0 Å². The molecule has 2 aromatic carbocycles. The minimum Gasteiger partial charge on any atom is -0.491 e. The Hall–Kier alpha value is -2.18. The van der Waals surface area contributed by atoms with Crippen LogP contribution in [0.4, 0.5) is 26.3 Å². The second-order valence-corrected chi connectivity index (χ2v) is 8.78. The van der Waals surface area contributed by atoms with E-state index in [4.69, 9.17) is 4.74 Å². The third-order valence-electron chi connectivity index (χ3n) is 6.87. The molecule has 0 N–H and O–H groups in total. The molecule has 0 bridgehead atoms. The molecule has 0 heterocycles. The highest BCUT2D eigenvalue weighted by molar-refractivity contribution is 5.77. The maximum Gasteiger partial charge on any atom is 0.343 e. The van der Waals surface area contributed by atoms with Crippen LogP contribution < -0.4 is 4.74 Å². The Labute approximate surface area is 183 Å². The van der Waals surface area contributed by atoms with Gasteiger partial charge in [-0.3, -0.25) is 0 Å². The normalized spacial score (nSPS) is 23.4. The molecule has 2 aliphatic rings. The Bertz CT molecular complexity index is 1010. The van der Waals surface area contributed by atoms with Gasteiger partial charge >= 0.3 is 11.8 Å². The van der Waals surface area contributed by atoms with E-state index < -0.39 is 51.5 Å². The number of halogens is 6. The van der Waals surface area contributed by atoms with Crippen molar-refractivity contribution in [2.24, 2.45) is 5.92 Å². The van der Waals surface area contributed by atoms with Gasteiger partial charge in [0, 0.05) is 0 Å². The van der Waals surface area contributed by atoms with Gasteiger partial charge in [0.15, 0.2) is 11.6 Å². The maximum atomic E-state index is 15.5. The van der Waals surface area contributed by atoms with Crippen molar-refractivity contribution in [2.75, 3.05) is 6.61 Å². The summed E-state index contributed by atoms with van der Waals surface area (Å²) in [5.74, 6) is -13.0. The molecule has 2 aliphatic carbocycles. The van der Waals surface area contributed by atoms with Crippen LogP contribution in [-0.2, 0) is 11.8 Å². The lowest BCUT2D eigenvalue weighted by atomic mass is 9.74. The fourth-order valence-electron chi connectivity index (χ4n) is 5.28. The van der Waals surface area contributed by atoms with Crippen LogP contribution in [0.1, 0.15) is 75.0 Å². The second kappa shape index (κ2) is 8.31. The highest BCUT2D eigenvalue weighted by Crippen LogP contribution is 2.60. The van der Waals surface area contributed by atoms with Crippen molar-refractivity contribution < 1.29 is 31.1 Å². The van der Waals surface area contributed by atoms with Crippen molar-refractivity contribution in [3.63, 3.8) is 0 Å². The van der Waals surface area contributed by atoms with E-state index in [1.165, 1.54) is 19.1 Å². The van der Waals surface area contributed by atoms with E-state index in [2.05, 4.69) is 6.92 Å². The summed E-state index contributed by atoms with van der Waals surface area (Å²) < 4.78 is 95.5. The van der Waals surface area contributed by atoms with Gasteiger partial charge in [-0.05, 0) is 73.3 Å². The van der Waals surface area contributed by atoms with Crippen molar-refractivity contribution in [1.82, 2.24) is 0 Å². The zero-order chi connectivity index (χ0) is 23.3. The standard InChI is InChI=1S/C25H26F6O/c1-3-5-14-6-8-15(9-7-14)16-10-11-17-18-12-13-19(32-4-2)23(27)21(18)25(30,31)24(28,29)20(17)22(16)26/h10-15H,3-9H2,1-2H3. The smallest absolute Gasteiger partial charge is 0.343 e. The van der Waals surface area contributed by atoms with Crippen LogP contribution in [0.2, 0.25) is 0 Å². The minimum absolute atomic E-state index is 0.0211. The highest BCUT2D eigenvalue weighted by atomic mass is 19.3. The van der Waals surface area contributed by atoms with E-state index in [0.717, 1.165) is 37.8 Å². The van der Waals surface area contributed by atoms with E-state index in [1.807, 2.05) is 0 Å². The lowest BCUT2D eigenvalue weighted by molar-refractivity contribution is -0.228. The van der Waals surface area contributed by atoms with Gasteiger partial charge in [-0.2, -0.15) is 17.6 Å². The number of hydrogen-bond donors (Lipinski definition) is 0. The SMILES string of the molecule is CCCC1CCC(c2ccc3c(c2F)C(F)(F)C(F)(F)c2c-3ccc(OCC)c2F)CC1. The molecule has 7 heteroatoms. The molecule has 4 rings (SSSR count). The van der Waals surface area contributed by atoms with Gasteiger partial charge in [-0.15, -0.1) is 0 Å². The van der Waals surface area contributed by atoms with E-state index in [-0.39, 0.29) is 18.1 Å². The van der Waals surface area contributed by atoms with Crippen molar-refractivity contribution in [2.45, 2.75) is 70.1 Å². The van der Waals surface area contributed by atoms with Gasteiger partial charge < -0.3 is 4.74 Å². The molecule has 32 heavy (non-hydrogen) atoms. The van der Waals surface area contributed by atoms with E-state index in [9.17, 15) is 4.39 Å². The molecule has 0 radical (unpaired) electrons. The summed E-state index contributed by atoms with van der Waals surface area (Å²) in [6.45, 7) is 3.59. The monoisotopic (exact) mass is 456 g/mol. The fourth-order valence-corrected chi connectivity index (χ4v) is 5.28. The maximum absolute atomic E-state index is 15.5. The average Bonchev–Trinajstić information content (AvgIpc) is 2.74. The number of benzene rings is 2. The predicted octanol–water partition coefficient (Wildman–Crippen LogP) is 8.30. The molecule has 0 spiro atoms. The summed E-state index contributed by atoms with van der Waals surface area (Å²) in [5, 5.41) is 0. The summed E-state index contributed by atoms with van der Waals surface area (Å²) in [4.78, 5) is 0. The zero-order valence-electron chi connectivity index (χ0n) is 18.1. The first-order valence-electron chi connectivity index (χ1n) is 11.2. The van der Waals surface area contributed by atoms with Crippen LogP contribution in [0, 0.1) is 17.6 Å². The molecule has 0 aliphatic heterocycles. The molecule has 0 unspecified atom stereocenters. The fraction of sp³-hybridized carbons (Fsp3) is 0.520. The van der Waals surface area contributed by atoms with Crippen molar-refractivity contribution >= 4 is 0 Å². The number of fused-ring (bicyclic) bond motifs is 3. The van der Waals surface area contributed by atoms with Crippen LogP contribution in [0.5, 0.6) is 5.75 Å². The van der Waals surface area contributed by atoms with Gasteiger partial charge in [0.25, 0.3) is 0 Å². The first-order valence-corrected chi connectivity index (χ1v) is 11.2. The Morgan fingerprint density at radius 1 is 0.812 bits per heavy atom.